The second-order valence-electron chi connectivity index (χ2n) is 4.18. The largest absolute Gasteiger partial charge is 0.395 e. The lowest BCUT2D eigenvalue weighted by atomic mass is 10.1. The first-order valence-corrected chi connectivity index (χ1v) is 7.55. The summed E-state index contributed by atoms with van der Waals surface area (Å²) in [7, 11) is -3.31. The maximum absolute atomic E-state index is 13.3. The van der Waals surface area contributed by atoms with E-state index in [9.17, 15) is 12.8 Å². The van der Waals surface area contributed by atoms with E-state index in [1.54, 1.807) is 0 Å². The molecule has 19 heavy (non-hydrogen) atoms. The van der Waals surface area contributed by atoms with Gasteiger partial charge >= 0.3 is 0 Å². The minimum atomic E-state index is -3.31. The van der Waals surface area contributed by atoms with Crippen molar-refractivity contribution in [3.05, 3.63) is 29.6 Å². The predicted molar refractivity (Wildman–Crippen MR) is 70.7 cm³/mol. The number of benzene rings is 1. The summed E-state index contributed by atoms with van der Waals surface area (Å²) in [6, 6.07) is 3.87. The van der Waals surface area contributed by atoms with Gasteiger partial charge in [-0.2, -0.15) is 0 Å². The highest BCUT2D eigenvalue weighted by atomic mass is 32.2. The van der Waals surface area contributed by atoms with Crippen molar-refractivity contribution in [2.75, 3.05) is 23.2 Å². The van der Waals surface area contributed by atoms with Gasteiger partial charge in [-0.1, -0.05) is 11.8 Å². The molecular weight excluding hydrogens is 269 g/mol. The molecule has 0 spiro atoms. The van der Waals surface area contributed by atoms with Gasteiger partial charge in [0, 0.05) is 13.0 Å². The first kappa shape index (κ1) is 13.8. The molecule has 2 rings (SSSR count). The Bertz CT molecular complexity index is 631. The van der Waals surface area contributed by atoms with Gasteiger partial charge in [0.05, 0.1) is 23.6 Å². The van der Waals surface area contributed by atoms with E-state index < -0.39 is 15.8 Å². The highest BCUT2D eigenvalue weighted by Gasteiger charge is 2.29. The summed E-state index contributed by atoms with van der Waals surface area (Å²) in [6.45, 7) is 0.308. The lowest BCUT2D eigenvalue weighted by Gasteiger charge is -2.18. The van der Waals surface area contributed by atoms with Crippen LogP contribution in [0, 0.1) is 17.7 Å². The third-order valence-electron chi connectivity index (χ3n) is 2.79. The number of halogens is 1. The minimum Gasteiger partial charge on any atom is -0.395 e. The van der Waals surface area contributed by atoms with Crippen LogP contribution in [-0.4, -0.2) is 32.4 Å². The van der Waals surface area contributed by atoms with Crippen molar-refractivity contribution in [2.45, 2.75) is 12.8 Å². The van der Waals surface area contributed by atoms with Crippen molar-refractivity contribution in [1.82, 2.24) is 0 Å². The highest BCUT2D eigenvalue weighted by Crippen LogP contribution is 2.27. The average molecular weight is 283 g/mol. The minimum absolute atomic E-state index is 0.0837. The maximum Gasteiger partial charge on any atom is 0.235 e. The molecule has 0 amide bonds. The second kappa shape index (κ2) is 5.59. The number of aliphatic hydroxyl groups excluding tert-OH is 1. The summed E-state index contributed by atoms with van der Waals surface area (Å²) in [5, 5.41) is 8.68. The fraction of sp³-hybridized carbons (Fsp3) is 0.385. The first-order valence-electron chi connectivity index (χ1n) is 5.94. The fourth-order valence-corrected chi connectivity index (χ4v) is 3.53. The number of rotatable bonds is 2. The number of sulfonamides is 1. The average Bonchev–Trinajstić information content (AvgIpc) is 2.70. The van der Waals surface area contributed by atoms with Crippen LogP contribution in [0.5, 0.6) is 0 Å². The molecule has 0 aromatic heterocycles. The molecule has 1 fully saturated rings. The van der Waals surface area contributed by atoms with E-state index in [1.807, 2.05) is 0 Å². The van der Waals surface area contributed by atoms with E-state index in [1.165, 1.54) is 22.5 Å². The summed E-state index contributed by atoms with van der Waals surface area (Å²) in [5.41, 5.74) is 0.739. The zero-order valence-corrected chi connectivity index (χ0v) is 11.1. The van der Waals surface area contributed by atoms with E-state index in [0.29, 0.717) is 24.2 Å². The molecule has 102 valence electrons. The summed E-state index contributed by atoms with van der Waals surface area (Å²) in [4.78, 5) is 0. The molecule has 0 atom stereocenters. The Kier molecular flexibility index (Phi) is 4.08. The summed E-state index contributed by atoms with van der Waals surface area (Å²) in [5.74, 6) is 5.04. The molecule has 6 heteroatoms. The summed E-state index contributed by atoms with van der Waals surface area (Å²) >= 11 is 0. The molecule has 0 bridgehead atoms. The monoisotopic (exact) mass is 283 g/mol. The van der Waals surface area contributed by atoms with Crippen molar-refractivity contribution in [1.29, 1.82) is 0 Å². The van der Waals surface area contributed by atoms with E-state index in [2.05, 4.69) is 11.8 Å². The number of nitrogens with zero attached hydrogens (tertiary/aromatic N) is 1. The van der Waals surface area contributed by atoms with Crippen LogP contribution >= 0.6 is 0 Å². The topological polar surface area (TPSA) is 57.6 Å². The Labute approximate surface area is 111 Å². The van der Waals surface area contributed by atoms with E-state index in [4.69, 9.17) is 5.11 Å². The highest BCUT2D eigenvalue weighted by molar-refractivity contribution is 7.93. The zero-order chi connectivity index (χ0) is 13.9. The van der Waals surface area contributed by atoms with Gasteiger partial charge in [-0.25, -0.2) is 12.8 Å². The zero-order valence-electron chi connectivity index (χ0n) is 10.3. The van der Waals surface area contributed by atoms with Gasteiger partial charge in [-0.05, 0) is 24.6 Å². The summed E-state index contributed by atoms with van der Waals surface area (Å²) < 4.78 is 38.3. The van der Waals surface area contributed by atoms with Crippen molar-refractivity contribution in [3.8, 4) is 11.8 Å². The van der Waals surface area contributed by atoms with Crippen LogP contribution in [0.25, 0.3) is 0 Å². The number of aliphatic hydroxyl groups is 1. The first-order chi connectivity index (χ1) is 9.04. The van der Waals surface area contributed by atoms with Crippen LogP contribution in [0.1, 0.15) is 18.4 Å². The lowest BCUT2D eigenvalue weighted by molar-refractivity contribution is 0.305. The number of anilines is 1. The van der Waals surface area contributed by atoms with E-state index in [-0.39, 0.29) is 18.8 Å². The molecule has 1 heterocycles. The van der Waals surface area contributed by atoms with Gasteiger partial charge < -0.3 is 5.11 Å². The van der Waals surface area contributed by atoms with Crippen LogP contribution in [0.2, 0.25) is 0 Å². The van der Waals surface area contributed by atoms with Gasteiger partial charge in [-0.15, -0.1) is 0 Å². The van der Waals surface area contributed by atoms with Crippen LogP contribution in [0.15, 0.2) is 18.2 Å². The number of hydrogen-bond donors (Lipinski definition) is 1. The molecule has 4 nitrogen and oxygen atoms in total. The van der Waals surface area contributed by atoms with Crippen LogP contribution in [-0.2, 0) is 10.0 Å². The molecule has 1 aliphatic heterocycles. The normalized spacial score (nSPS) is 17.1. The molecule has 1 saturated heterocycles. The smallest absolute Gasteiger partial charge is 0.235 e. The van der Waals surface area contributed by atoms with Crippen molar-refractivity contribution < 1.29 is 17.9 Å². The van der Waals surface area contributed by atoms with Gasteiger partial charge in [-0.3, -0.25) is 4.31 Å². The molecule has 0 radical (unpaired) electrons. The fourth-order valence-electron chi connectivity index (χ4n) is 1.95. The molecule has 1 aliphatic rings. The molecule has 0 aliphatic carbocycles. The molecule has 1 aromatic rings. The van der Waals surface area contributed by atoms with Gasteiger partial charge in [0.2, 0.25) is 10.0 Å². The third-order valence-corrected chi connectivity index (χ3v) is 4.64. The van der Waals surface area contributed by atoms with E-state index >= 15 is 0 Å². The second-order valence-corrected chi connectivity index (χ2v) is 6.19. The van der Waals surface area contributed by atoms with Gasteiger partial charge in [0.25, 0.3) is 0 Å². The Morgan fingerprint density at radius 1 is 1.42 bits per heavy atom. The van der Waals surface area contributed by atoms with Crippen LogP contribution < -0.4 is 4.31 Å². The van der Waals surface area contributed by atoms with Gasteiger partial charge in [0.15, 0.2) is 0 Å². The maximum atomic E-state index is 13.3. The van der Waals surface area contributed by atoms with Crippen molar-refractivity contribution in [2.24, 2.45) is 0 Å². The number of hydrogen-bond acceptors (Lipinski definition) is 3. The van der Waals surface area contributed by atoms with Crippen molar-refractivity contribution >= 4 is 15.7 Å². The molecule has 0 unspecified atom stereocenters. The molecular formula is C13H14FNO3S. The standard InChI is InChI=1S/C13H14FNO3S/c14-12-5-6-13(11(10-12)4-1-2-8-16)15-7-3-9-19(15,17)18/h5-6,10,16H,2-3,7-9H2. The van der Waals surface area contributed by atoms with Crippen LogP contribution in [0.3, 0.4) is 0 Å². The Morgan fingerprint density at radius 2 is 2.21 bits per heavy atom. The van der Waals surface area contributed by atoms with E-state index in [0.717, 1.165) is 0 Å². The molecule has 0 saturated carbocycles. The third kappa shape index (κ3) is 3.06. The Balaban J connectivity index is 2.43. The van der Waals surface area contributed by atoms with Crippen LogP contribution in [0.4, 0.5) is 10.1 Å². The summed E-state index contributed by atoms with van der Waals surface area (Å²) in [6.07, 6.45) is 0.825. The molecule has 1 aromatic carbocycles. The molecule has 1 N–H and O–H groups in total. The Morgan fingerprint density at radius 3 is 2.84 bits per heavy atom. The predicted octanol–water partition coefficient (Wildman–Crippen LogP) is 1.10. The van der Waals surface area contributed by atoms with Crippen molar-refractivity contribution in [3.63, 3.8) is 0 Å². The van der Waals surface area contributed by atoms with Gasteiger partial charge in [0.1, 0.15) is 5.82 Å². The Hall–Kier alpha value is -1.58. The quantitative estimate of drug-likeness (QED) is 0.827. The SMILES string of the molecule is O=S1(=O)CCCN1c1ccc(F)cc1C#CCCO. The lowest BCUT2D eigenvalue weighted by Crippen LogP contribution is -2.25.